The molecule has 1 fully saturated rings. The van der Waals surface area contributed by atoms with Crippen molar-refractivity contribution in [2.45, 2.75) is 26.5 Å². The lowest BCUT2D eigenvalue weighted by atomic mass is 10.1. The average Bonchev–Trinajstić information content (AvgIpc) is 2.69. The van der Waals surface area contributed by atoms with Crippen molar-refractivity contribution < 1.29 is 14.3 Å². The maximum atomic E-state index is 12.7. The van der Waals surface area contributed by atoms with Crippen molar-refractivity contribution >= 4 is 11.6 Å². The van der Waals surface area contributed by atoms with Gasteiger partial charge in [-0.05, 0) is 55.8 Å². The molecule has 2 aromatic rings. The van der Waals surface area contributed by atoms with Crippen LogP contribution in [0.1, 0.15) is 29.8 Å². The third-order valence-electron chi connectivity index (χ3n) is 4.55. The van der Waals surface area contributed by atoms with Crippen molar-refractivity contribution in [3.63, 3.8) is 0 Å². The van der Waals surface area contributed by atoms with E-state index in [0.717, 1.165) is 37.6 Å². The molecule has 0 saturated carbocycles. The molecule has 0 aliphatic carbocycles. The number of amides is 1. The molecule has 3 rings (SSSR count). The lowest BCUT2D eigenvalue weighted by Crippen LogP contribution is -2.36. The fourth-order valence-electron chi connectivity index (χ4n) is 3.15. The number of benzene rings is 2. The molecule has 5 heteroatoms. The molecule has 5 nitrogen and oxygen atoms in total. The molecule has 1 aliphatic rings. The van der Waals surface area contributed by atoms with E-state index in [9.17, 15) is 4.79 Å². The molecule has 1 heterocycles. The van der Waals surface area contributed by atoms with Crippen LogP contribution < -0.4 is 9.64 Å². The number of nitrogens with zero attached hydrogens (tertiary/aromatic N) is 2. The second-order valence-corrected chi connectivity index (χ2v) is 7.12. The van der Waals surface area contributed by atoms with Gasteiger partial charge < -0.3 is 19.3 Å². The van der Waals surface area contributed by atoms with Crippen molar-refractivity contribution in [1.82, 2.24) is 4.90 Å². The van der Waals surface area contributed by atoms with Crippen molar-refractivity contribution in [3.05, 3.63) is 59.7 Å². The SMILES string of the molecule is CC(C)Oc1ccc(C(=O)N(C)Cc2ccc(N3CCOCC3)cc2)cc1. The van der Waals surface area contributed by atoms with E-state index in [1.165, 1.54) is 5.69 Å². The largest absolute Gasteiger partial charge is 0.491 e. The molecule has 27 heavy (non-hydrogen) atoms. The van der Waals surface area contributed by atoms with E-state index < -0.39 is 0 Å². The highest BCUT2D eigenvalue weighted by atomic mass is 16.5. The normalized spacial score (nSPS) is 14.3. The van der Waals surface area contributed by atoms with E-state index in [-0.39, 0.29) is 12.0 Å². The topological polar surface area (TPSA) is 42.0 Å². The van der Waals surface area contributed by atoms with Gasteiger partial charge in [-0.15, -0.1) is 0 Å². The highest BCUT2D eigenvalue weighted by Crippen LogP contribution is 2.19. The summed E-state index contributed by atoms with van der Waals surface area (Å²) in [6.07, 6.45) is 0.120. The van der Waals surface area contributed by atoms with Crippen LogP contribution in [-0.4, -0.2) is 50.3 Å². The summed E-state index contributed by atoms with van der Waals surface area (Å²) in [6.45, 7) is 7.95. The van der Waals surface area contributed by atoms with Crippen LogP contribution in [0.25, 0.3) is 0 Å². The highest BCUT2D eigenvalue weighted by molar-refractivity contribution is 5.94. The maximum absolute atomic E-state index is 12.7. The Morgan fingerprint density at radius 1 is 1.07 bits per heavy atom. The van der Waals surface area contributed by atoms with Gasteiger partial charge in [-0.1, -0.05) is 12.1 Å². The van der Waals surface area contributed by atoms with Gasteiger partial charge in [0.1, 0.15) is 5.75 Å². The molecule has 0 bridgehead atoms. The quantitative estimate of drug-likeness (QED) is 0.782. The molecule has 0 N–H and O–H groups in total. The molecule has 144 valence electrons. The average molecular weight is 368 g/mol. The van der Waals surface area contributed by atoms with Crippen LogP contribution in [0.2, 0.25) is 0 Å². The number of morpholine rings is 1. The zero-order valence-electron chi connectivity index (χ0n) is 16.4. The van der Waals surface area contributed by atoms with E-state index in [1.807, 2.05) is 45.2 Å². The molecule has 2 aromatic carbocycles. The van der Waals surface area contributed by atoms with Gasteiger partial charge in [0.2, 0.25) is 0 Å². The van der Waals surface area contributed by atoms with Gasteiger partial charge in [0.05, 0.1) is 19.3 Å². The molecular weight excluding hydrogens is 340 g/mol. The fraction of sp³-hybridized carbons (Fsp3) is 0.409. The summed E-state index contributed by atoms with van der Waals surface area (Å²) in [5.41, 5.74) is 2.98. The Labute approximate surface area is 161 Å². The monoisotopic (exact) mass is 368 g/mol. The lowest BCUT2D eigenvalue weighted by molar-refractivity contribution is 0.0785. The van der Waals surface area contributed by atoms with Crippen LogP contribution in [0.4, 0.5) is 5.69 Å². The Morgan fingerprint density at radius 3 is 2.30 bits per heavy atom. The minimum Gasteiger partial charge on any atom is -0.491 e. The first kappa shape index (κ1) is 19.2. The molecule has 0 radical (unpaired) electrons. The molecule has 1 saturated heterocycles. The van der Waals surface area contributed by atoms with Crippen LogP contribution in [-0.2, 0) is 11.3 Å². The minimum atomic E-state index is 0.00310. The first-order valence-corrected chi connectivity index (χ1v) is 9.47. The summed E-state index contributed by atoms with van der Waals surface area (Å²) in [5, 5.41) is 0. The Morgan fingerprint density at radius 2 is 1.70 bits per heavy atom. The summed E-state index contributed by atoms with van der Waals surface area (Å²) < 4.78 is 11.0. The second kappa shape index (κ2) is 8.91. The second-order valence-electron chi connectivity index (χ2n) is 7.12. The Bertz CT molecular complexity index is 735. The first-order chi connectivity index (χ1) is 13.0. The van der Waals surface area contributed by atoms with E-state index in [0.29, 0.717) is 12.1 Å². The number of hydrogen-bond acceptors (Lipinski definition) is 4. The predicted molar refractivity (Wildman–Crippen MR) is 107 cm³/mol. The van der Waals surface area contributed by atoms with Gasteiger partial charge in [-0.3, -0.25) is 4.79 Å². The van der Waals surface area contributed by atoms with Gasteiger partial charge in [-0.25, -0.2) is 0 Å². The number of carbonyl (C=O) groups excluding carboxylic acids is 1. The minimum absolute atomic E-state index is 0.00310. The molecule has 1 amide bonds. The number of anilines is 1. The summed E-state index contributed by atoms with van der Waals surface area (Å²) in [6, 6.07) is 15.8. The van der Waals surface area contributed by atoms with Crippen molar-refractivity contribution in [1.29, 1.82) is 0 Å². The lowest BCUT2D eigenvalue weighted by Gasteiger charge is -2.29. The highest BCUT2D eigenvalue weighted by Gasteiger charge is 2.14. The first-order valence-electron chi connectivity index (χ1n) is 9.47. The van der Waals surface area contributed by atoms with Crippen LogP contribution in [0.3, 0.4) is 0 Å². The Kier molecular flexibility index (Phi) is 6.35. The standard InChI is InChI=1S/C22H28N2O3/c1-17(2)27-21-10-6-19(7-11-21)22(25)23(3)16-18-4-8-20(9-5-18)24-12-14-26-15-13-24/h4-11,17H,12-16H2,1-3H3. The number of rotatable bonds is 6. The Hall–Kier alpha value is -2.53. The van der Waals surface area contributed by atoms with Crippen molar-refractivity contribution in [3.8, 4) is 5.75 Å². The van der Waals surface area contributed by atoms with E-state index >= 15 is 0 Å². The van der Waals surface area contributed by atoms with Gasteiger partial charge >= 0.3 is 0 Å². The number of carbonyl (C=O) groups is 1. The van der Waals surface area contributed by atoms with E-state index in [2.05, 4.69) is 29.2 Å². The summed E-state index contributed by atoms with van der Waals surface area (Å²) >= 11 is 0. The zero-order chi connectivity index (χ0) is 19.2. The third-order valence-corrected chi connectivity index (χ3v) is 4.55. The molecule has 0 spiro atoms. The van der Waals surface area contributed by atoms with Gasteiger partial charge in [0.15, 0.2) is 0 Å². The summed E-state index contributed by atoms with van der Waals surface area (Å²) in [5.74, 6) is 0.784. The molecule has 0 unspecified atom stereocenters. The van der Waals surface area contributed by atoms with Crippen molar-refractivity contribution in [2.24, 2.45) is 0 Å². The van der Waals surface area contributed by atoms with Gasteiger partial charge in [0.25, 0.3) is 5.91 Å². The summed E-state index contributed by atoms with van der Waals surface area (Å²) in [4.78, 5) is 16.7. The number of hydrogen-bond donors (Lipinski definition) is 0. The van der Waals surface area contributed by atoms with Crippen LogP contribution >= 0.6 is 0 Å². The van der Waals surface area contributed by atoms with Crippen LogP contribution in [0.15, 0.2) is 48.5 Å². The van der Waals surface area contributed by atoms with Gasteiger partial charge in [-0.2, -0.15) is 0 Å². The zero-order valence-corrected chi connectivity index (χ0v) is 16.4. The summed E-state index contributed by atoms with van der Waals surface area (Å²) in [7, 11) is 1.83. The fourth-order valence-corrected chi connectivity index (χ4v) is 3.15. The maximum Gasteiger partial charge on any atom is 0.253 e. The molecule has 0 aromatic heterocycles. The van der Waals surface area contributed by atoms with Gasteiger partial charge in [0, 0.05) is 37.9 Å². The van der Waals surface area contributed by atoms with Crippen LogP contribution in [0.5, 0.6) is 5.75 Å². The molecule has 1 aliphatic heterocycles. The van der Waals surface area contributed by atoms with E-state index in [4.69, 9.17) is 9.47 Å². The third kappa shape index (κ3) is 5.23. The number of ether oxygens (including phenoxy) is 2. The Balaban J connectivity index is 1.59. The van der Waals surface area contributed by atoms with Crippen molar-refractivity contribution in [2.75, 3.05) is 38.3 Å². The molecular formula is C22H28N2O3. The smallest absolute Gasteiger partial charge is 0.253 e. The van der Waals surface area contributed by atoms with Crippen LogP contribution in [0, 0.1) is 0 Å². The molecule has 0 atom stereocenters. The predicted octanol–water partition coefficient (Wildman–Crippen LogP) is 3.58. The van der Waals surface area contributed by atoms with E-state index in [1.54, 1.807) is 4.90 Å².